The summed E-state index contributed by atoms with van der Waals surface area (Å²) in [5.41, 5.74) is 10.1. The highest BCUT2D eigenvalue weighted by molar-refractivity contribution is 7.53. The van der Waals surface area contributed by atoms with Gasteiger partial charge in [-0.3, -0.25) is 29.6 Å². The number of carbonyl (C=O) groups is 1. The smallest absolute Gasteiger partial charge is 0.309 e. The van der Waals surface area contributed by atoms with Gasteiger partial charge in [-0.1, -0.05) is 80.2 Å². The molecule has 0 spiro atoms. The molecule has 12 nitrogen and oxygen atoms in total. The monoisotopic (exact) mass is 914 g/mol. The molecular formula is C49H47N4O8PS2. The van der Waals surface area contributed by atoms with Crippen molar-refractivity contribution in [1.29, 1.82) is 0 Å². The van der Waals surface area contributed by atoms with Crippen LogP contribution in [0.4, 0.5) is 11.4 Å². The van der Waals surface area contributed by atoms with Crippen molar-refractivity contribution in [3.63, 3.8) is 0 Å². The van der Waals surface area contributed by atoms with Crippen LogP contribution in [0, 0.1) is 34.1 Å². The van der Waals surface area contributed by atoms with Gasteiger partial charge in [-0.2, -0.15) is 0 Å². The number of nitro benzene ring substituents is 2. The van der Waals surface area contributed by atoms with Crippen molar-refractivity contribution < 1.29 is 28.3 Å². The molecule has 0 aliphatic rings. The number of carbonyl (C=O) groups excluding carboxylic acids is 1. The number of rotatable bonds is 13. The van der Waals surface area contributed by atoms with E-state index in [0.717, 1.165) is 48.9 Å². The molecule has 0 N–H and O–H groups in total. The lowest BCUT2D eigenvalue weighted by Crippen LogP contribution is -1.99. The summed E-state index contributed by atoms with van der Waals surface area (Å²) in [5.74, 6) is 0. The highest BCUT2D eigenvalue weighted by Gasteiger charge is 2.24. The zero-order chi connectivity index (χ0) is 44.9. The standard InChI is InChI=1S/C22H16N2O2S.C19H22NO3PS.C7H5NO3.CH4/c1-15-2-13-20-21(14-15)27-22(23-20)18-9-5-16(6-10-18)3-4-17-7-11-19(12-8-17)24(25)26;1-4-22-24(21,23-5-2)13-15-7-9-16(10-8-15)19-20-17-11-6-14(3)12-18(17)25-19;9-5-6-1-3-7(4-2-6)8(10)11;/h2-14H,1H3;6-12H,4-5,13H2,1-3H3;1-5H;1H4/b4-3+;;;. The van der Waals surface area contributed by atoms with Crippen molar-refractivity contribution in [2.45, 2.75) is 41.3 Å². The zero-order valence-corrected chi connectivity index (χ0v) is 37.4. The number of benzene rings is 6. The molecule has 0 amide bonds. The van der Waals surface area contributed by atoms with Crippen molar-refractivity contribution in [3.05, 3.63) is 187 Å². The second kappa shape index (κ2) is 22.7. The summed E-state index contributed by atoms with van der Waals surface area (Å²) in [7, 11) is -3.07. The summed E-state index contributed by atoms with van der Waals surface area (Å²) < 4.78 is 25.7. The summed E-state index contributed by atoms with van der Waals surface area (Å²) in [4.78, 5) is 39.5. The summed E-state index contributed by atoms with van der Waals surface area (Å²) in [6.45, 7) is 8.57. The predicted molar refractivity (Wildman–Crippen MR) is 261 cm³/mol. The average Bonchev–Trinajstić information content (AvgIpc) is 3.91. The molecule has 0 bridgehead atoms. The molecule has 6 aromatic carbocycles. The molecule has 0 aliphatic carbocycles. The summed E-state index contributed by atoms with van der Waals surface area (Å²) >= 11 is 3.38. The van der Waals surface area contributed by atoms with Gasteiger partial charge in [0.1, 0.15) is 16.3 Å². The first-order chi connectivity index (χ1) is 30.3. The topological polar surface area (TPSA) is 165 Å². The van der Waals surface area contributed by atoms with Gasteiger partial charge >= 0.3 is 7.60 Å². The number of thiazole rings is 2. The van der Waals surface area contributed by atoms with Gasteiger partial charge in [0.25, 0.3) is 11.4 Å². The fraction of sp³-hybridized carbons (Fsp3) is 0.163. The Morgan fingerprint density at radius 3 is 1.38 bits per heavy atom. The van der Waals surface area contributed by atoms with Crippen molar-refractivity contribution in [2.24, 2.45) is 0 Å². The Balaban J connectivity index is 0.000000194. The van der Waals surface area contributed by atoms with Crippen LogP contribution in [-0.2, 0) is 19.8 Å². The van der Waals surface area contributed by atoms with E-state index in [4.69, 9.17) is 19.0 Å². The SMILES string of the molecule is C.CCOP(=O)(Cc1ccc(-c2nc3ccc(C)cc3s2)cc1)OCC.Cc1ccc2nc(-c3ccc(/C=C/c4ccc([N+](=O)[O-])cc4)cc3)sc2c1.O=Cc1ccc([N+](=O)[O-])cc1. The van der Waals surface area contributed by atoms with Crippen molar-refractivity contribution >= 4 is 80.5 Å². The third-order valence-electron chi connectivity index (χ3n) is 9.29. The van der Waals surface area contributed by atoms with Crippen molar-refractivity contribution in [3.8, 4) is 21.1 Å². The summed E-state index contributed by atoms with van der Waals surface area (Å²) in [6, 6.07) is 40.7. The Morgan fingerprint density at radius 1 is 0.594 bits per heavy atom. The van der Waals surface area contributed by atoms with Gasteiger partial charge in [-0.15, -0.1) is 22.7 Å². The first kappa shape index (κ1) is 48.5. The van der Waals surface area contributed by atoms with E-state index in [1.165, 1.54) is 56.9 Å². The Kier molecular flexibility index (Phi) is 17.2. The normalized spacial score (nSPS) is 11.0. The Labute approximate surface area is 379 Å². The Morgan fingerprint density at radius 2 is 0.984 bits per heavy atom. The van der Waals surface area contributed by atoms with Gasteiger partial charge in [0.2, 0.25) is 0 Å². The number of fused-ring (bicyclic) bond motifs is 2. The number of nitro groups is 2. The van der Waals surface area contributed by atoms with Crippen LogP contribution in [0.25, 0.3) is 53.7 Å². The van der Waals surface area contributed by atoms with E-state index in [1.807, 2.05) is 50.3 Å². The third-order valence-corrected chi connectivity index (χ3v) is 13.5. The first-order valence-electron chi connectivity index (χ1n) is 19.8. The van der Waals surface area contributed by atoms with Crippen molar-refractivity contribution in [1.82, 2.24) is 9.97 Å². The zero-order valence-electron chi connectivity index (χ0n) is 34.9. The maximum atomic E-state index is 12.6. The van der Waals surface area contributed by atoms with Crippen LogP contribution in [0.3, 0.4) is 0 Å². The maximum absolute atomic E-state index is 12.6. The van der Waals surface area contributed by atoms with Crippen molar-refractivity contribution in [2.75, 3.05) is 13.2 Å². The number of aromatic nitrogens is 2. The van der Waals surface area contributed by atoms with Crippen LogP contribution in [-0.4, -0.2) is 39.3 Å². The van der Waals surface area contributed by atoms with Gasteiger partial charge in [0, 0.05) is 41.0 Å². The number of nitrogens with zero attached hydrogens (tertiary/aromatic N) is 4. The number of aryl methyl sites for hydroxylation is 2. The minimum absolute atomic E-state index is 0. The van der Waals surface area contributed by atoms with Gasteiger partial charge in [0.15, 0.2) is 0 Å². The van der Waals surface area contributed by atoms with E-state index in [1.54, 1.807) is 34.8 Å². The minimum atomic E-state index is -3.07. The molecule has 0 radical (unpaired) electrons. The van der Waals surface area contributed by atoms with Crippen LogP contribution in [0.5, 0.6) is 0 Å². The molecule has 0 fully saturated rings. The predicted octanol–water partition coefficient (Wildman–Crippen LogP) is 14.4. The second-order valence-corrected chi connectivity index (χ2v) is 18.2. The number of non-ortho nitro benzene ring substituents is 2. The van der Waals surface area contributed by atoms with E-state index < -0.39 is 17.4 Å². The Hall–Kier alpha value is -6.54. The summed E-state index contributed by atoms with van der Waals surface area (Å²) in [5, 5.41) is 22.8. The van der Waals surface area contributed by atoms with E-state index in [-0.39, 0.29) is 25.0 Å². The largest absolute Gasteiger partial charge is 0.335 e. The molecule has 0 saturated carbocycles. The lowest BCUT2D eigenvalue weighted by Gasteiger charge is -2.17. The molecule has 8 aromatic rings. The fourth-order valence-electron chi connectivity index (χ4n) is 6.12. The highest BCUT2D eigenvalue weighted by atomic mass is 32.1. The van der Waals surface area contributed by atoms with Crippen LogP contribution in [0.15, 0.2) is 133 Å². The fourth-order valence-corrected chi connectivity index (χ4v) is 9.96. The first-order valence-corrected chi connectivity index (χ1v) is 23.2. The van der Waals surface area contributed by atoms with E-state index in [0.29, 0.717) is 25.1 Å². The molecule has 15 heteroatoms. The molecule has 0 aliphatic heterocycles. The van der Waals surface area contributed by atoms with E-state index in [2.05, 4.69) is 74.5 Å². The lowest BCUT2D eigenvalue weighted by atomic mass is 10.1. The lowest BCUT2D eigenvalue weighted by molar-refractivity contribution is -0.385. The third kappa shape index (κ3) is 13.2. The van der Waals surface area contributed by atoms with Gasteiger partial charge in [0.05, 0.1) is 49.7 Å². The Bertz CT molecular complexity index is 2900. The molecule has 0 saturated heterocycles. The van der Waals surface area contributed by atoms with Crippen LogP contribution < -0.4 is 0 Å². The molecule has 2 heterocycles. The number of aldehydes is 1. The van der Waals surface area contributed by atoms with Gasteiger partial charge in [-0.05, 0) is 104 Å². The van der Waals surface area contributed by atoms with Crippen LogP contribution in [0.1, 0.15) is 59.4 Å². The van der Waals surface area contributed by atoms with Gasteiger partial charge < -0.3 is 9.05 Å². The van der Waals surface area contributed by atoms with Crippen LogP contribution in [0.2, 0.25) is 0 Å². The highest BCUT2D eigenvalue weighted by Crippen LogP contribution is 2.51. The average molecular weight is 915 g/mol. The second-order valence-electron chi connectivity index (χ2n) is 14.1. The minimum Gasteiger partial charge on any atom is -0.309 e. The molecule has 0 unspecified atom stereocenters. The molecule has 0 atom stereocenters. The molecule has 8 rings (SSSR count). The van der Waals surface area contributed by atoms with E-state index >= 15 is 0 Å². The summed E-state index contributed by atoms with van der Waals surface area (Å²) in [6.07, 6.45) is 4.86. The van der Waals surface area contributed by atoms with E-state index in [9.17, 15) is 29.6 Å². The maximum Gasteiger partial charge on any atom is 0.335 e. The van der Waals surface area contributed by atoms with Gasteiger partial charge in [-0.25, -0.2) is 9.97 Å². The quantitative estimate of drug-likeness (QED) is 0.0357. The molecule has 328 valence electrons. The molecular weight excluding hydrogens is 868 g/mol. The van der Waals surface area contributed by atoms with Crippen LogP contribution >= 0.6 is 30.3 Å². The number of hydrogen-bond donors (Lipinski definition) is 0. The molecule has 64 heavy (non-hydrogen) atoms. The molecule has 2 aromatic heterocycles. The number of hydrogen-bond acceptors (Lipinski definition) is 12.